The monoisotopic (exact) mass is 337 g/mol. The van der Waals surface area contributed by atoms with Crippen molar-refractivity contribution < 1.29 is 14.3 Å². The van der Waals surface area contributed by atoms with E-state index in [2.05, 4.69) is 16.7 Å². The Bertz CT molecular complexity index is 814. The molecule has 25 heavy (non-hydrogen) atoms. The van der Waals surface area contributed by atoms with E-state index in [1.807, 2.05) is 36.4 Å². The molecule has 0 fully saturated rings. The Hall–Kier alpha value is -3.20. The van der Waals surface area contributed by atoms with Crippen LogP contribution >= 0.6 is 0 Å². The Morgan fingerprint density at radius 3 is 2.80 bits per heavy atom. The summed E-state index contributed by atoms with van der Waals surface area (Å²) < 4.78 is 11.1. The second-order valence-corrected chi connectivity index (χ2v) is 5.62. The fourth-order valence-corrected chi connectivity index (χ4v) is 2.69. The highest BCUT2D eigenvalue weighted by molar-refractivity contribution is 6.01. The van der Waals surface area contributed by atoms with E-state index in [4.69, 9.17) is 14.7 Å². The number of ether oxygens (including phenoxy) is 2. The van der Waals surface area contributed by atoms with Crippen molar-refractivity contribution in [2.75, 3.05) is 19.0 Å². The minimum Gasteiger partial charge on any atom is -0.493 e. The van der Waals surface area contributed by atoms with Gasteiger partial charge in [-0.3, -0.25) is 4.79 Å². The Balaban J connectivity index is 1.81. The van der Waals surface area contributed by atoms with Crippen molar-refractivity contribution in [1.82, 2.24) is 5.32 Å². The van der Waals surface area contributed by atoms with Gasteiger partial charge in [0.05, 0.1) is 25.3 Å². The number of amides is 1. The van der Waals surface area contributed by atoms with E-state index in [1.165, 1.54) is 0 Å². The summed E-state index contributed by atoms with van der Waals surface area (Å²) in [7, 11) is 1.58. The van der Waals surface area contributed by atoms with Crippen LogP contribution in [0.2, 0.25) is 0 Å². The molecule has 3 rings (SSSR count). The molecule has 1 heterocycles. The van der Waals surface area contributed by atoms with Crippen molar-refractivity contribution in [3.05, 3.63) is 53.6 Å². The molecule has 6 heteroatoms. The summed E-state index contributed by atoms with van der Waals surface area (Å²) in [5.41, 5.74) is 2.28. The van der Waals surface area contributed by atoms with E-state index in [0.717, 1.165) is 11.3 Å². The van der Waals surface area contributed by atoms with Crippen LogP contribution in [-0.2, 0) is 0 Å². The van der Waals surface area contributed by atoms with Gasteiger partial charge >= 0.3 is 0 Å². The smallest absolute Gasteiger partial charge is 0.255 e. The van der Waals surface area contributed by atoms with Crippen molar-refractivity contribution in [3.63, 3.8) is 0 Å². The third-order valence-electron chi connectivity index (χ3n) is 3.96. The molecular weight excluding hydrogens is 318 g/mol. The molecule has 2 aromatic carbocycles. The zero-order valence-corrected chi connectivity index (χ0v) is 13.9. The van der Waals surface area contributed by atoms with Gasteiger partial charge < -0.3 is 20.1 Å². The maximum absolute atomic E-state index is 12.3. The lowest BCUT2D eigenvalue weighted by molar-refractivity contribution is 0.0935. The number of unbranched alkanes of at least 4 members (excludes halogenated alkanes) is 1. The van der Waals surface area contributed by atoms with Crippen molar-refractivity contribution in [3.8, 4) is 17.6 Å². The number of fused-ring (bicyclic) bond motifs is 1. The number of carbonyl (C=O) groups is 1. The van der Waals surface area contributed by atoms with Gasteiger partial charge in [0, 0.05) is 12.1 Å². The number of methoxy groups -OCH3 is 1. The maximum Gasteiger partial charge on any atom is 0.255 e. The first kappa shape index (κ1) is 16.7. The highest BCUT2D eigenvalue weighted by Crippen LogP contribution is 2.33. The van der Waals surface area contributed by atoms with Crippen molar-refractivity contribution in [2.24, 2.45) is 0 Å². The van der Waals surface area contributed by atoms with Crippen molar-refractivity contribution >= 4 is 11.6 Å². The van der Waals surface area contributed by atoms with Gasteiger partial charge in [0.25, 0.3) is 5.91 Å². The molecule has 0 saturated heterocycles. The average Bonchev–Trinajstić information content (AvgIpc) is 2.65. The highest BCUT2D eigenvalue weighted by atomic mass is 16.5. The van der Waals surface area contributed by atoms with Crippen LogP contribution in [0, 0.1) is 11.3 Å². The predicted octanol–water partition coefficient (Wildman–Crippen LogP) is 3.23. The molecule has 128 valence electrons. The van der Waals surface area contributed by atoms with Crippen LogP contribution in [0.5, 0.6) is 11.5 Å². The van der Waals surface area contributed by atoms with Gasteiger partial charge in [-0.25, -0.2) is 0 Å². The Morgan fingerprint density at radius 2 is 2.00 bits per heavy atom. The normalized spacial score (nSPS) is 15.4. The summed E-state index contributed by atoms with van der Waals surface area (Å²) in [5.74, 6) is 1.09. The number of hydrogen-bond acceptors (Lipinski definition) is 5. The summed E-state index contributed by atoms with van der Waals surface area (Å²) in [6.07, 6.45) is 0.740. The number of para-hydroxylation sites is 1. The van der Waals surface area contributed by atoms with Crippen LogP contribution in [0.3, 0.4) is 0 Å². The number of carbonyl (C=O) groups excluding carboxylic acids is 1. The minimum atomic E-state index is -0.352. The van der Waals surface area contributed by atoms with E-state index < -0.39 is 0 Å². The summed E-state index contributed by atoms with van der Waals surface area (Å²) in [4.78, 5) is 12.3. The van der Waals surface area contributed by atoms with Gasteiger partial charge in [0.15, 0.2) is 11.5 Å². The molecule has 0 spiro atoms. The third kappa shape index (κ3) is 3.66. The first-order chi connectivity index (χ1) is 12.2. The summed E-state index contributed by atoms with van der Waals surface area (Å²) in [6.45, 7) is 0.431. The largest absolute Gasteiger partial charge is 0.493 e. The molecule has 0 aromatic heterocycles. The van der Waals surface area contributed by atoms with Crippen molar-refractivity contribution in [1.29, 1.82) is 5.26 Å². The molecule has 6 nitrogen and oxygen atoms in total. The van der Waals surface area contributed by atoms with E-state index in [-0.39, 0.29) is 12.1 Å². The SMILES string of the molecule is COc1ccc([C@H]2NC(=O)c3ccccc3N2)cc1OCCCC#N. The van der Waals surface area contributed by atoms with Gasteiger partial charge in [-0.1, -0.05) is 18.2 Å². The fraction of sp³-hybridized carbons (Fsp3) is 0.263. The summed E-state index contributed by atoms with van der Waals surface area (Å²) in [6, 6.07) is 15.0. The van der Waals surface area contributed by atoms with Crippen LogP contribution < -0.4 is 20.1 Å². The number of benzene rings is 2. The molecule has 0 radical (unpaired) electrons. The zero-order chi connectivity index (χ0) is 17.6. The topological polar surface area (TPSA) is 83.4 Å². The first-order valence-corrected chi connectivity index (χ1v) is 8.07. The molecular formula is C19H19N3O3. The van der Waals surface area contributed by atoms with E-state index in [1.54, 1.807) is 13.2 Å². The van der Waals surface area contributed by atoms with Gasteiger partial charge in [-0.05, 0) is 36.2 Å². The van der Waals surface area contributed by atoms with Gasteiger partial charge in [-0.2, -0.15) is 5.26 Å². The van der Waals surface area contributed by atoms with Gasteiger partial charge in [-0.15, -0.1) is 0 Å². The van der Waals surface area contributed by atoms with E-state index >= 15 is 0 Å². The molecule has 1 aliphatic rings. The quantitative estimate of drug-likeness (QED) is 0.791. The zero-order valence-electron chi connectivity index (χ0n) is 13.9. The molecule has 0 aliphatic carbocycles. The fourth-order valence-electron chi connectivity index (χ4n) is 2.69. The number of nitriles is 1. The Morgan fingerprint density at radius 1 is 1.16 bits per heavy atom. The number of nitrogens with zero attached hydrogens (tertiary/aromatic N) is 1. The van der Waals surface area contributed by atoms with Gasteiger partial charge in [0.1, 0.15) is 6.17 Å². The van der Waals surface area contributed by atoms with E-state index in [0.29, 0.717) is 36.5 Å². The van der Waals surface area contributed by atoms with Crippen LogP contribution in [-0.4, -0.2) is 19.6 Å². The van der Waals surface area contributed by atoms with E-state index in [9.17, 15) is 4.79 Å². The number of hydrogen-bond donors (Lipinski definition) is 2. The highest BCUT2D eigenvalue weighted by Gasteiger charge is 2.24. The molecule has 0 unspecified atom stereocenters. The summed E-state index contributed by atoms with van der Waals surface area (Å²) in [5, 5.41) is 14.9. The molecule has 0 saturated carbocycles. The van der Waals surface area contributed by atoms with Crippen molar-refractivity contribution in [2.45, 2.75) is 19.0 Å². The number of rotatable bonds is 6. The van der Waals surface area contributed by atoms with Crippen LogP contribution in [0.15, 0.2) is 42.5 Å². The number of anilines is 1. The first-order valence-electron chi connectivity index (χ1n) is 8.07. The standard InChI is InChI=1S/C19H19N3O3/c1-24-16-9-8-13(12-17(16)25-11-5-4-10-20)18-21-15-7-3-2-6-14(15)19(23)22-18/h2-3,6-9,12,18,21H,4-5,11H2,1H3,(H,22,23)/t18-/m1/s1. The second kappa shape index (κ2) is 7.58. The molecule has 2 aromatic rings. The Labute approximate surface area is 146 Å². The molecule has 1 atom stereocenters. The lowest BCUT2D eigenvalue weighted by atomic mass is 10.1. The minimum absolute atomic E-state index is 0.119. The maximum atomic E-state index is 12.3. The van der Waals surface area contributed by atoms with Crippen LogP contribution in [0.25, 0.3) is 0 Å². The summed E-state index contributed by atoms with van der Waals surface area (Å²) >= 11 is 0. The van der Waals surface area contributed by atoms with Crippen LogP contribution in [0.1, 0.15) is 34.9 Å². The van der Waals surface area contributed by atoms with Crippen LogP contribution in [0.4, 0.5) is 5.69 Å². The third-order valence-corrected chi connectivity index (χ3v) is 3.96. The Kier molecular flexibility index (Phi) is 5.05. The second-order valence-electron chi connectivity index (χ2n) is 5.62. The molecule has 0 bridgehead atoms. The average molecular weight is 337 g/mol. The number of nitrogens with one attached hydrogen (secondary N) is 2. The molecule has 1 amide bonds. The predicted molar refractivity (Wildman–Crippen MR) is 93.6 cm³/mol. The lowest BCUT2D eigenvalue weighted by Crippen LogP contribution is -2.38. The molecule has 2 N–H and O–H groups in total. The molecule has 1 aliphatic heterocycles. The van der Waals surface area contributed by atoms with Gasteiger partial charge in [0.2, 0.25) is 0 Å². The lowest BCUT2D eigenvalue weighted by Gasteiger charge is -2.28.